The number of rotatable bonds is 10. The molecule has 0 fully saturated rings. The van der Waals surface area contributed by atoms with Gasteiger partial charge >= 0.3 is 0 Å². The Bertz CT molecular complexity index is 284. The van der Waals surface area contributed by atoms with Crippen LogP contribution < -0.4 is 5.32 Å². The number of nitrogens with one attached hydrogen (secondary N) is 1. The predicted molar refractivity (Wildman–Crippen MR) is 70.9 cm³/mol. The maximum atomic E-state index is 5.12. The molecule has 0 radical (unpaired) electrons. The van der Waals surface area contributed by atoms with Gasteiger partial charge in [-0.25, -0.2) is 0 Å². The van der Waals surface area contributed by atoms with Crippen molar-refractivity contribution in [1.82, 2.24) is 10.5 Å². The summed E-state index contributed by atoms with van der Waals surface area (Å²) in [4.78, 5) is 0. The smallest absolute Gasteiger partial charge is 0.150 e. The second-order valence-electron chi connectivity index (χ2n) is 4.73. The van der Waals surface area contributed by atoms with Gasteiger partial charge in [0.2, 0.25) is 0 Å². The van der Waals surface area contributed by atoms with Crippen molar-refractivity contribution in [3.63, 3.8) is 0 Å². The third-order valence-electron chi connectivity index (χ3n) is 2.93. The normalized spacial score (nSPS) is 10.9. The van der Waals surface area contributed by atoms with E-state index in [1.807, 2.05) is 13.0 Å². The molecule has 98 valence electrons. The number of hydrogen-bond acceptors (Lipinski definition) is 3. The Morgan fingerprint density at radius 3 is 2.47 bits per heavy atom. The average Bonchev–Trinajstić information content (AvgIpc) is 2.73. The first kappa shape index (κ1) is 14.2. The average molecular weight is 238 g/mol. The lowest BCUT2D eigenvalue weighted by molar-refractivity contribution is 0.369. The van der Waals surface area contributed by atoms with E-state index in [1.165, 1.54) is 44.9 Å². The SMILES string of the molecule is CCCCCCCCCNCc1cc(C)no1. The summed E-state index contributed by atoms with van der Waals surface area (Å²) in [5.74, 6) is 0.936. The highest BCUT2D eigenvalue weighted by Gasteiger charge is 1.98. The van der Waals surface area contributed by atoms with Gasteiger partial charge in [0, 0.05) is 6.07 Å². The lowest BCUT2D eigenvalue weighted by Gasteiger charge is -2.02. The molecule has 1 aromatic rings. The minimum atomic E-state index is 0.802. The van der Waals surface area contributed by atoms with Crippen LogP contribution in [0.1, 0.15) is 63.3 Å². The highest BCUT2D eigenvalue weighted by atomic mass is 16.5. The molecule has 3 heteroatoms. The van der Waals surface area contributed by atoms with Crippen molar-refractivity contribution in [1.29, 1.82) is 0 Å². The molecular formula is C14H26N2O. The van der Waals surface area contributed by atoms with E-state index in [4.69, 9.17) is 4.52 Å². The van der Waals surface area contributed by atoms with Crippen molar-refractivity contribution < 1.29 is 4.52 Å². The standard InChI is InChI=1S/C14H26N2O/c1-3-4-5-6-7-8-9-10-15-12-14-11-13(2)16-17-14/h11,15H,3-10,12H2,1-2H3. The lowest BCUT2D eigenvalue weighted by atomic mass is 10.1. The van der Waals surface area contributed by atoms with Crippen LogP contribution in [-0.4, -0.2) is 11.7 Å². The summed E-state index contributed by atoms with van der Waals surface area (Å²) in [5, 5.41) is 7.24. The van der Waals surface area contributed by atoms with Crippen LogP contribution in [0.2, 0.25) is 0 Å². The maximum Gasteiger partial charge on any atom is 0.150 e. The zero-order valence-electron chi connectivity index (χ0n) is 11.3. The van der Waals surface area contributed by atoms with Crippen molar-refractivity contribution in [2.24, 2.45) is 0 Å². The van der Waals surface area contributed by atoms with E-state index in [9.17, 15) is 0 Å². The fourth-order valence-electron chi connectivity index (χ4n) is 1.92. The molecule has 3 nitrogen and oxygen atoms in total. The Morgan fingerprint density at radius 2 is 1.82 bits per heavy atom. The van der Waals surface area contributed by atoms with Crippen LogP contribution in [0.4, 0.5) is 0 Å². The lowest BCUT2D eigenvalue weighted by Crippen LogP contribution is -2.14. The molecule has 0 saturated heterocycles. The van der Waals surface area contributed by atoms with Gasteiger partial charge in [-0.05, 0) is 19.9 Å². The predicted octanol–water partition coefficient (Wildman–Crippen LogP) is 3.82. The molecule has 0 aliphatic carbocycles. The molecule has 1 N–H and O–H groups in total. The second-order valence-corrected chi connectivity index (χ2v) is 4.73. The number of nitrogens with zero attached hydrogens (tertiary/aromatic N) is 1. The number of unbranched alkanes of at least 4 members (excludes halogenated alkanes) is 6. The number of hydrogen-bond donors (Lipinski definition) is 1. The zero-order valence-corrected chi connectivity index (χ0v) is 11.3. The molecule has 0 atom stereocenters. The summed E-state index contributed by atoms with van der Waals surface area (Å²) >= 11 is 0. The van der Waals surface area contributed by atoms with Crippen LogP contribution in [0.15, 0.2) is 10.6 Å². The third kappa shape index (κ3) is 7.16. The van der Waals surface area contributed by atoms with E-state index in [0.29, 0.717) is 0 Å². The van der Waals surface area contributed by atoms with Gasteiger partial charge in [0.25, 0.3) is 0 Å². The fourth-order valence-corrected chi connectivity index (χ4v) is 1.92. The summed E-state index contributed by atoms with van der Waals surface area (Å²) in [6, 6.07) is 1.98. The monoisotopic (exact) mass is 238 g/mol. The van der Waals surface area contributed by atoms with Gasteiger partial charge in [0.1, 0.15) is 0 Å². The Balaban J connectivity index is 1.84. The Morgan fingerprint density at radius 1 is 1.12 bits per heavy atom. The van der Waals surface area contributed by atoms with Gasteiger partial charge in [0.15, 0.2) is 5.76 Å². The molecule has 0 aromatic carbocycles. The molecule has 0 spiro atoms. The summed E-state index contributed by atoms with van der Waals surface area (Å²) in [7, 11) is 0. The first-order valence-electron chi connectivity index (χ1n) is 6.96. The van der Waals surface area contributed by atoms with Crippen LogP contribution in [0, 0.1) is 6.92 Å². The van der Waals surface area contributed by atoms with E-state index in [0.717, 1.165) is 24.5 Å². The van der Waals surface area contributed by atoms with Gasteiger partial charge in [-0.15, -0.1) is 0 Å². The number of aromatic nitrogens is 1. The quantitative estimate of drug-likeness (QED) is 0.630. The van der Waals surface area contributed by atoms with E-state index in [2.05, 4.69) is 17.4 Å². The summed E-state index contributed by atoms with van der Waals surface area (Å²) < 4.78 is 5.12. The largest absolute Gasteiger partial charge is 0.360 e. The summed E-state index contributed by atoms with van der Waals surface area (Å²) in [6.45, 7) is 6.09. The first-order valence-corrected chi connectivity index (χ1v) is 6.96. The molecule has 0 aliphatic rings. The Hall–Kier alpha value is -0.830. The minimum absolute atomic E-state index is 0.802. The molecular weight excluding hydrogens is 212 g/mol. The minimum Gasteiger partial charge on any atom is -0.360 e. The topological polar surface area (TPSA) is 38.1 Å². The molecule has 0 aliphatic heterocycles. The molecule has 1 rings (SSSR count). The zero-order chi connectivity index (χ0) is 12.3. The van der Waals surface area contributed by atoms with Crippen LogP contribution in [0.3, 0.4) is 0 Å². The molecule has 1 heterocycles. The van der Waals surface area contributed by atoms with Crippen molar-refractivity contribution in [2.45, 2.75) is 65.3 Å². The molecule has 0 unspecified atom stereocenters. The fraction of sp³-hybridized carbons (Fsp3) is 0.786. The Labute approximate surface area is 105 Å². The van der Waals surface area contributed by atoms with E-state index in [-0.39, 0.29) is 0 Å². The van der Waals surface area contributed by atoms with Crippen LogP contribution >= 0.6 is 0 Å². The second kappa shape index (κ2) is 9.23. The van der Waals surface area contributed by atoms with Crippen molar-refractivity contribution >= 4 is 0 Å². The molecule has 0 amide bonds. The first-order chi connectivity index (χ1) is 8.33. The van der Waals surface area contributed by atoms with E-state index < -0.39 is 0 Å². The maximum absolute atomic E-state index is 5.12. The van der Waals surface area contributed by atoms with Crippen molar-refractivity contribution in [3.05, 3.63) is 17.5 Å². The molecule has 17 heavy (non-hydrogen) atoms. The van der Waals surface area contributed by atoms with Gasteiger partial charge in [-0.1, -0.05) is 50.6 Å². The van der Waals surface area contributed by atoms with Crippen LogP contribution in [0.5, 0.6) is 0 Å². The van der Waals surface area contributed by atoms with Gasteiger partial charge < -0.3 is 9.84 Å². The summed E-state index contributed by atoms with van der Waals surface area (Å²) in [6.07, 6.45) is 9.51. The van der Waals surface area contributed by atoms with Crippen LogP contribution in [0.25, 0.3) is 0 Å². The molecule has 0 bridgehead atoms. The Kier molecular flexibility index (Phi) is 7.72. The van der Waals surface area contributed by atoms with Gasteiger partial charge in [-0.3, -0.25) is 0 Å². The van der Waals surface area contributed by atoms with E-state index in [1.54, 1.807) is 0 Å². The highest BCUT2D eigenvalue weighted by Crippen LogP contribution is 2.06. The third-order valence-corrected chi connectivity index (χ3v) is 2.93. The van der Waals surface area contributed by atoms with Crippen molar-refractivity contribution in [2.75, 3.05) is 6.54 Å². The van der Waals surface area contributed by atoms with Gasteiger partial charge in [-0.2, -0.15) is 0 Å². The molecule has 1 aromatic heterocycles. The van der Waals surface area contributed by atoms with E-state index >= 15 is 0 Å². The van der Waals surface area contributed by atoms with Crippen molar-refractivity contribution in [3.8, 4) is 0 Å². The van der Waals surface area contributed by atoms with Gasteiger partial charge in [0.05, 0.1) is 12.2 Å². The highest BCUT2D eigenvalue weighted by molar-refractivity contribution is 5.02. The van der Waals surface area contributed by atoms with Crippen LogP contribution in [-0.2, 0) is 6.54 Å². The molecule has 0 saturated carbocycles. The number of aryl methyl sites for hydroxylation is 1. The summed E-state index contributed by atoms with van der Waals surface area (Å²) in [5.41, 5.74) is 0.956.